The number of anilines is 1. The maximum atomic E-state index is 11.9. The summed E-state index contributed by atoms with van der Waals surface area (Å²) in [5.74, 6) is 1.32. The van der Waals surface area contributed by atoms with Crippen molar-refractivity contribution in [1.29, 1.82) is 5.41 Å². The van der Waals surface area contributed by atoms with Crippen LogP contribution in [0.4, 0.5) is 5.69 Å². The van der Waals surface area contributed by atoms with Crippen molar-refractivity contribution in [1.82, 2.24) is 5.32 Å². The van der Waals surface area contributed by atoms with Crippen LogP contribution in [0.15, 0.2) is 60.7 Å². The van der Waals surface area contributed by atoms with Crippen LogP contribution in [0.3, 0.4) is 0 Å². The molecule has 3 aromatic rings. The van der Waals surface area contributed by atoms with Gasteiger partial charge in [0.05, 0.1) is 0 Å². The third-order valence-corrected chi connectivity index (χ3v) is 4.55. The number of carbonyl (C=O) groups is 1. The summed E-state index contributed by atoms with van der Waals surface area (Å²) in [6.07, 6.45) is 1.31. The molecular weight excluding hydrogens is 350 g/mol. The first kappa shape index (κ1) is 19.2. The van der Waals surface area contributed by atoms with E-state index in [2.05, 4.69) is 10.6 Å². The third-order valence-electron chi connectivity index (χ3n) is 4.55. The molecule has 28 heavy (non-hydrogen) atoms. The van der Waals surface area contributed by atoms with Crippen LogP contribution >= 0.6 is 0 Å². The lowest BCUT2D eigenvalue weighted by molar-refractivity contribution is 0.0962. The number of rotatable bonds is 6. The van der Waals surface area contributed by atoms with Crippen molar-refractivity contribution in [2.24, 2.45) is 0 Å². The quantitative estimate of drug-likeness (QED) is 0.541. The van der Waals surface area contributed by atoms with E-state index in [4.69, 9.17) is 10.1 Å². The molecule has 0 unspecified atom stereocenters. The van der Waals surface area contributed by atoms with Gasteiger partial charge in [0.1, 0.15) is 11.5 Å². The highest BCUT2D eigenvalue weighted by Gasteiger charge is 2.09. The van der Waals surface area contributed by atoms with Gasteiger partial charge in [0.2, 0.25) is 0 Å². The van der Waals surface area contributed by atoms with Gasteiger partial charge in [-0.25, -0.2) is 0 Å². The van der Waals surface area contributed by atoms with Crippen LogP contribution < -0.4 is 15.4 Å². The van der Waals surface area contributed by atoms with Gasteiger partial charge >= 0.3 is 0 Å². The average Bonchev–Trinajstić information content (AvgIpc) is 2.73. The Morgan fingerprint density at radius 1 is 0.964 bits per heavy atom. The van der Waals surface area contributed by atoms with Crippen LogP contribution in [0.25, 0.3) is 11.1 Å². The monoisotopic (exact) mass is 373 g/mol. The molecule has 0 aliphatic rings. The number of aryl methyl sites for hydroxylation is 1. The Kier molecular flexibility index (Phi) is 5.75. The van der Waals surface area contributed by atoms with Crippen molar-refractivity contribution in [3.05, 3.63) is 77.4 Å². The molecule has 5 nitrogen and oxygen atoms in total. The number of hydrogen-bond acceptors (Lipinski definition) is 4. The Morgan fingerprint density at radius 3 is 2.39 bits per heavy atom. The van der Waals surface area contributed by atoms with E-state index < -0.39 is 0 Å². The zero-order chi connectivity index (χ0) is 20.1. The molecule has 5 heteroatoms. The maximum absolute atomic E-state index is 11.9. The van der Waals surface area contributed by atoms with Crippen molar-refractivity contribution >= 4 is 17.8 Å². The Hall–Kier alpha value is -3.60. The van der Waals surface area contributed by atoms with Crippen molar-refractivity contribution in [3.63, 3.8) is 0 Å². The summed E-state index contributed by atoms with van der Waals surface area (Å²) in [4.78, 5) is 11.9. The standard InChI is InChI=1S/C23H23N3O2/c1-15-11-17(8-10-21(15)23(27)26-3)16-5-4-6-19(12-16)28-20-9-7-18(14-24)22(13-20)25-2/h4-14,24-25H,1-3H3,(H,26,27). The zero-order valence-corrected chi connectivity index (χ0v) is 16.2. The van der Waals surface area contributed by atoms with Gasteiger partial charge in [-0.2, -0.15) is 0 Å². The highest BCUT2D eigenvalue weighted by molar-refractivity contribution is 5.96. The normalized spacial score (nSPS) is 10.2. The van der Waals surface area contributed by atoms with Crippen molar-refractivity contribution in [2.45, 2.75) is 6.92 Å². The van der Waals surface area contributed by atoms with E-state index in [1.165, 1.54) is 6.21 Å². The molecule has 1 amide bonds. The molecule has 0 aromatic heterocycles. The Morgan fingerprint density at radius 2 is 1.71 bits per heavy atom. The van der Waals surface area contributed by atoms with E-state index in [1.807, 2.05) is 74.6 Å². The van der Waals surface area contributed by atoms with E-state index in [9.17, 15) is 4.79 Å². The molecule has 3 N–H and O–H groups in total. The molecule has 0 heterocycles. The molecule has 3 rings (SSSR count). The number of ether oxygens (including phenoxy) is 1. The summed E-state index contributed by atoms with van der Waals surface area (Å²) in [6.45, 7) is 1.93. The van der Waals surface area contributed by atoms with E-state index >= 15 is 0 Å². The Bertz CT molecular complexity index is 1030. The van der Waals surface area contributed by atoms with Gasteiger partial charge in [-0.15, -0.1) is 0 Å². The van der Waals surface area contributed by atoms with Crippen molar-refractivity contribution in [2.75, 3.05) is 19.4 Å². The minimum atomic E-state index is -0.0881. The van der Waals surface area contributed by atoms with Crippen LogP contribution in [0.5, 0.6) is 11.5 Å². The predicted molar refractivity (Wildman–Crippen MR) is 114 cm³/mol. The molecule has 0 bridgehead atoms. The first-order valence-corrected chi connectivity index (χ1v) is 8.99. The second kappa shape index (κ2) is 8.39. The first-order valence-electron chi connectivity index (χ1n) is 8.99. The highest BCUT2D eigenvalue weighted by Crippen LogP contribution is 2.30. The second-order valence-electron chi connectivity index (χ2n) is 6.38. The highest BCUT2D eigenvalue weighted by atomic mass is 16.5. The topological polar surface area (TPSA) is 74.2 Å². The number of nitrogens with one attached hydrogen (secondary N) is 3. The lowest BCUT2D eigenvalue weighted by Gasteiger charge is -2.12. The minimum Gasteiger partial charge on any atom is -0.457 e. The predicted octanol–water partition coefficient (Wildman–Crippen LogP) is 4.85. The molecule has 0 fully saturated rings. The number of amides is 1. The number of benzene rings is 3. The summed E-state index contributed by atoms with van der Waals surface area (Å²) < 4.78 is 6.01. The van der Waals surface area contributed by atoms with Gasteiger partial charge in [-0.05, 0) is 53.9 Å². The van der Waals surface area contributed by atoms with E-state index in [0.717, 1.165) is 33.7 Å². The zero-order valence-electron chi connectivity index (χ0n) is 16.2. The minimum absolute atomic E-state index is 0.0881. The molecule has 0 radical (unpaired) electrons. The van der Waals surface area contributed by atoms with E-state index in [0.29, 0.717) is 11.3 Å². The fourth-order valence-corrected chi connectivity index (χ4v) is 3.05. The summed E-state index contributed by atoms with van der Waals surface area (Å²) in [6, 6.07) is 19.2. The van der Waals surface area contributed by atoms with Crippen LogP contribution in [0.1, 0.15) is 21.5 Å². The molecule has 0 spiro atoms. The van der Waals surface area contributed by atoms with Gasteiger partial charge in [-0.3, -0.25) is 4.79 Å². The number of hydrogen-bond donors (Lipinski definition) is 3. The molecule has 0 saturated heterocycles. The first-order chi connectivity index (χ1) is 13.5. The SMILES string of the molecule is CNC(=O)c1ccc(-c2cccc(Oc3ccc(C=N)c(NC)c3)c2)cc1C. The van der Waals surface area contributed by atoms with E-state index in [-0.39, 0.29) is 5.91 Å². The smallest absolute Gasteiger partial charge is 0.251 e. The van der Waals surface area contributed by atoms with Crippen LogP contribution in [-0.2, 0) is 0 Å². The van der Waals surface area contributed by atoms with Crippen molar-refractivity contribution in [3.8, 4) is 22.6 Å². The van der Waals surface area contributed by atoms with Crippen LogP contribution in [0, 0.1) is 12.3 Å². The summed E-state index contributed by atoms with van der Waals surface area (Å²) in [5, 5.41) is 13.2. The van der Waals surface area contributed by atoms with E-state index in [1.54, 1.807) is 7.05 Å². The molecular formula is C23H23N3O2. The van der Waals surface area contributed by atoms with Crippen molar-refractivity contribution < 1.29 is 9.53 Å². The van der Waals surface area contributed by atoms with Gasteiger partial charge in [0, 0.05) is 43.2 Å². The summed E-state index contributed by atoms with van der Waals surface area (Å²) in [7, 11) is 3.45. The average molecular weight is 373 g/mol. The molecule has 0 aliphatic carbocycles. The summed E-state index contributed by atoms with van der Waals surface area (Å²) >= 11 is 0. The largest absolute Gasteiger partial charge is 0.457 e. The Balaban J connectivity index is 1.88. The summed E-state index contributed by atoms with van der Waals surface area (Å²) in [5.41, 5.74) is 5.26. The molecule has 3 aromatic carbocycles. The second-order valence-corrected chi connectivity index (χ2v) is 6.38. The molecule has 0 atom stereocenters. The van der Waals surface area contributed by atoms with Crippen LogP contribution in [0.2, 0.25) is 0 Å². The molecule has 0 aliphatic heterocycles. The van der Waals surface area contributed by atoms with Gasteiger partial charge in [0.25, 0.3) is 5.91 Å². The maximum Gasteiger partial charge on any atom is 0.251 e. The fourth-order valence-electron chi connectivity index (χ4n) is 3.05. The van der Waals surface area contributed by atoms with Crippen LogP contribution in [-0.4, -0.2) is 26.2 Å². The van der Waals surface area contributed by atoms with Gasteiger partial charge < -0.3 is 20.8 Å². The third kappa shape index (κ3) is 4.04. The van der Waals surface area contributed by atoms with Gasteiger partial charge in [0.15, 0.2) is 0 Å². The van der Waals surface area contributed by atoms with Gasteiger partial charge in [-0.1, -0.05) is 24.3 Å². The lowest BCUT2D eigenvalue weighted by atomic mass is 9.99. The number of carbonyl (C=O) groups excluding carboxylic acids is 1. The lowest BCUT2D eigenvalue weighted by Crippen LogP contribution is -2.18. The Labute approximate surface area is 164 Å². The fraction of sp³-hybridized carbons (Fsp3) is 0.130. The molecule has 0 saturated carbocycles. The molecule has 142 valence electrons.